The second-order valence-electron chi connectivity index (χ2n) is 15.1. The maximum atomic E-state index is 4.74. The van der Waals surface area contributed by atoms with E-state index in [0.717, 1.165) is 6.42 Å². The van der Waals surface area contributed by atoms with E-state index in [0.29, 0.717) is 0 Å². The summed E-state index contributed by atoms with van der Waals surface area (Å²) in [4.78, 5) is 4.74. The summed E-state index contributed by atoms with van der Waals surface area (Å²) in [5.41, 5.74) is 11.2. The van der Waals surface area contributed by atoms with E-state index in [1.807, 2.05) is 12.3 Å². The molecule has 0 N–H and O–H groups in total. The van der Waals surface area contributed by atoms with Crippen molar-refractivity contribution in [2.45, 2.75) is 38.6 Å². The summed E-state index contributed by atoms with van der Waals surface area (Å²) < 4.78 is 2.42. The summed E-state index contributed by atoms with van der Waals surface area (Å²) in [5.74, 6) is 0. The largest absolute Gasteiger partial charge is 0.309 e. The minimum absolute atomic E-state index is 0.0634. The Morgan fingerprint density at radius 1 is 0.569 bits per heavy atom. The Labute approximate surface area is 298 Å². The molecular weight excluding hydrogens is 617 g/mol. The molecule has 0 spiro atoms. The Balaban J connectivity index is 1.23. The fourth-order valence-electron chi connectivity index (χ4n) is 8.43. The predicted molar refractivity (Wildman–Crippen MR) is 219 cm³/mol. The van der Waals surface area contributed by atoms with E-state index >= 15 is 0 Å². The first kappa shape index (κ1) is 29.9. The molecule has 0 saturated carbocycles. The number of para-hydroxylation sites is 2. The van der Waals surface area contributed by atoms with Crippen LogP contribution in [0.5, 0.6) is 0 Å². The average molecular weight is 655 g/mol. The van der Waals surface area contributed by atoms with E-state index in [9.17, 15) is 0 Å². The van der Waals surface area contributed by atoms with Crippen LogP contribution in [0, 0.1) is 0 Å². The van der Waals surface area contributed by atoms with Gasteiger partial charge in [-0.1, -0.05) is 136 Å². The molecule has 2 nitrogen and oxygen atoms in total. The molecule has 0 aliphatic carbocycles. The number of hydrogen-bond acceptors (Lipinski definition) is 1. The number of allylic oxidation sites excluding steroid dienone is 1. The van der Waals surface area contributed by atoms with Crippen LogP contribution in [-0.2, 0) is 5.41 Å². The third kappa shape index (κ3) is 4.74. The van der Waals surface area contributed by atoms with Crippen LogP contribution in [-0.4, -0.2) is 10.8 Å². The number of rotatable bonds is 4. The van der Waals surface area contributed by atoms with Gasteiger partial charge in [0.25, 0.3) is 0 Å². The molecule has 8 aromatic carbocycles. The smallest absolute Gasteiger partial charge is 0.0783 e. The molecule has 51 heavy (non-hydrogen) atoms. The SMILES string of the molecule is CC(C)(C)c1cc2ccc3c(-c4ccc(C5CC=CC=N5)cc4)cc(-c4cccc(-n5c6ccccc6c6ccccc65)c4)c4ccc(c1)c2c34. The summed E-state index contributed by atoms with van der Waals surface area (Å²) >= 11 is 0. The van der Waals surface area contributed by atoms with Crippen molar-refractivity contribution in [2.75, 3.05) is 0 Å². The van der Waals surface area contributed by atoms with E-state index in [2.05, 4.69) is 171 Å². The number of aliphatic imine (C=N–C) groups is 1. The van der Waals surface area contributed by atoms with Gasteiger partial charge in [-0.05, 0) is 114 Å². The van der Waals surface area contributed by atoms with Crippen molar-refractivity contribution < 1.29 is 0 Å². The molecule has 2 heterocycles. The van der Waals surface area contributed by atoms with Gasteiger partial charge in [0.1, 0.15) is 0 Å². The highest BCUT2D eigenvalue weighted by Gasteiger charge is 2.21. The highest BCUT2D eigenvalue weighted by molar-refractivity contribution is 6.28. The Kier molecular flexibility index (Phi) is 6.60. The van der Waals surface area contributed by atoms with Crippen LogP contribution in [0.2, 0.25) is 0 Å². The van der Waals surface area contributed by atoms with E-state index in [1.165, 1.54) is 93.2 Å². The number of aromatic nitrogens is 1. The maximum absolute atomic E-state index is 4.74. The van der Waals surface area contributed by atoms with E-state index < -0.39 is 0 Å². The minimum atomic E-state index is 0.0634. The molecule has 0 amide bonds. The lowest BCUT2D eigenvalue weighted by molar-refractivity contribution is 0.591. The maximum Gasteiger partial charge on any atom is 0.0783 e. The van der Waals surface area contributed by atoms with Gasteiger partial charge in [-0.25, -0.2) is 0 Å². The molecule has 1 unspecified atom stereocenters. The first-order chi connectivity index (χ1) is 24.9. The van der Waals surface area contributed by atoms with Crippen LogP contribution in [0.4, 0.5) is 0 Å². The van der Waals surface area contributed by atoms with Gasteiger partial charge < -0.3 is 4.57 Å². The lowest BCUT2D eigenvalue weighted by atomic mass is 9.81. The zero-order valence-electron chi connectivity index (χ0n) is 29.2. The van der Waals surface area contributed by atoms with Crippen LogP contribution in [0.3, 0.4) is 0 Å². The summed E-state index contributed by atoms with van der Waals surface area (Å²) in [6.45, 7) is 6.91. The molecule has 10 rings (SSSR count). The van der Waals surface area contributed by atoms with Crippen molar-refractivity contribution in [3.8, 4) is 27.9 Å². The van der Waals surface area contributed by atoms with Crippen LogP contribution in [0.15, 0.2) is 157 Å². The highest BCUT2D eigenvalue weighted by atomic mass is 15.0. The lowest BCUT2D eigenvalue weighted by Gasteiger charge is -2.23. The molecule has 1 aliphatic rings. The summed E-state index contributed by atoms with van der Waals surface area (Å²) in [5, 5.41) is 10.4. The van der Waals surface area contributed by atoms with Gasteiger partial charge in [-0.2, -0.15) is 0 Å². The van der Waals surface area contributed by atoms with Crippen LogP contribution >= 0.6 is 0 Å². The third-order valence-corrected chi connectivity index (χ3v) is 11.0. The molecular formula is C49H38N2. The number of dihydropyridines is 1. The number of fused-ring (bicyclic) bond motifs is 3. The minimum Gasteiger partial charge on any atom is -0.309 e. The van der Waals surface area contributed by atoms with Gasteiger partial charge in [-0.3, -0.25) is 4.99 Å². The molecule has 0 saturated heterocycles. The Morgan fingerprint density at radius 3 is 1.84 bits per heavy atom. The summed E-state index contributed by atoms with van der Waals surface area (Å²) in [7, 11) is 0. The zero-order valence-corrected chi connectivity index (χ0v) is 29.2. The summed E-state index contributed by atoms with van der Waals surface area (Å²) in [6.07, 6.45) is 7.11. The summed E-state index contributed by atoms with van der Waals surface area (Å²) in [6, 6.07) is 52.6. The fraction of sp³-hybridized carbons (Fsp3) is 0.122. The van der Waals surface area contributed by atoms with Gasteiger partial charge in [0.05, 0.1) is 17.1 Å². The van der Waals surface area contributed by atoms with E-state index in [-0.39, 0.29) is 11.5 Å². The Morgan fingerprint density at radius 2 is 1.22 bits per heavy atom. The van der Waals surface area contributed by atoms with Crippen molar-refractivity contribution in [1.82, 2.24) is 4.57 Å². The first-order valence-corrected chi connectivity index (χ1v) is 18.1. The molecule has 244 valence electrons. The van der Waals surface area contributed by atoms with Crippen molar-refractivity contribution in [3.05, 3.63) is 163 Å². The van der Waals surface area contributed by atoms with Crippen LogP contribution in [0.25, 0.3) is 82.1 Å². The molecule has 1 aliphatic heterocycles. The standard InChI is InChI=1S/C49H38N2/c1-49(2,3)36-27-34-22-24-40-42(31-18-20-32(21-19-31)44-15-8-9-26-50-44)30-43(41-25-23-35(28-36)47(34)48(40)41)33-11-10-12-37(29-33)51-45-16-6-4-13-38(45)39-14-5-7-17-46(39)51/h4-14,16-30,44H,15H2,1-3H3. The molecule has 1 aromatic heterocycles. The number of hydrogen-bond donors (Lipinski definition) is 0. The van der Waals surface area contributed by atoms with E-state index in [1.54, 1.807) is 0 Å². The van der Waals surface area contributed by atoms with Crippen molar-refractivity contribution in [3.63, 3.8) is 0 Å². The Bertz CT molecular complexity index is 2790. The van der Waals surface area contributed by atoms with Crippen LogP contribution in [0.1, 0.15) is 44.4 Å². The topological polar surface area (TPSA) is 17.3 Å². The van der Waals surface area contributed by atoms with Crippen molar-refractivity contribution in [1.29, 1.82) is 0 Å². The quantitative estimate of drug-likeness (QED) is 0.168. The van der Waals surface area contributed by atoms with Crippen molar-refractivity contribution >= 4 is 60.3 Å². The average Bonchev–Trinajstić information content (AvgIpc) is 3.51. The second kappa shape index (κ2) is 11.3. The number of nitrogens with zero attached hydrogens (tertiary/aromatic N) is 2. The molecule has 2 heteroatoms. The molecule has 1 atom stereocenters. The van der Waals surface area contributed by atoms with Crippen LogP contribution < -0.4 is 0 Å². The van der Waals surface area contributed by atoms with Gasteiger partial charge in [0.15, 0.2) is 0 Å². The molecule has 0 fully saturated rings. The number of benzene rings is 8. The highest BCUT2D eigenvalue weighted by Crippen LogP contribution is 2.46. The van der Waals surface area contributed by atoms with Crippen molar-refractivity contribution in [2.24, 2.45) is 4.99 Å². The van der Waals surface area contributed by atoms with Gasteiger partial charge in [0, 0.05) is 22.7 Å². The first-order valence-electron chi connectivity index (χ1n) is 18.1. The molecule has 0 radical (unpaired) electrons. The molecule has 9 aromatic rings. The second-order valence-corrected chi connectivity index (χ2v) is 15.1. The van der Waals surface area contributed by atoms with Gasteiger partial charge in [0.2, 0.25) is 0 Å². The normalized spacial score (nSPS) is 14.9. The fourth-order valence-corrected chi connectivity index (χ4v) is 8.43. The van der Waals surface area contributed by atoms with Gasteiger partial charge in [-0.15, -0.1) is 0 Å². The lowest BCUT2D eigenvalue weighted by Crippen LogP contribution is -2.10. The third-order valence-electron chi connectivity index (χ3n) is 11.0. The Hall–Kier alpha value is -5.99. The predicted octanol–water partition coefficient (Wildman–Crippen LogP) is 13.4. The van der Waals surface area contributed by atoms with E-state index in [4.69, 9.17) is 4.99 Å². The van der Waals surface area contributed by atoms with Gasteiger partial charge >= 0.3 is 0 Å². The molecule has 0 bridgehead atoms. The zero-order chi connectivity index (χ0) is 34.3. The monoisotopic (exact) mass is 654 g/mol.